The Labute approximate surface area is 137 Å². The molecule has 0 amide bonds. The van der Waals surface area contributed by atoms with Crippen molar-refractivity contribution in [1.82, 2.24) is 0 Å². The van der Waals surface area contributed by atoms with Crippen LogP contribution in [0.2, 0.25) is 0 Å². The molecule has 2 unspecified atom stereocenters. The van der Waals surface area contributed by atoms with Crippen LogP contribution < -0.4 is 21.5 Å². The summed E-state index contributed by atoms with van der Waals surface area (Å²) in [4.78, 5) is 24.5. The molecule has 0 aliphatic carbocycles. The van der Waals surface area contributed by atoms with Gasteiger partial charge in [0.2, 0.25) is 0 Å². The molecule has 1 aliphatic heterocycles. The molecule has 3 rings (SSSR count). The lowest BCUT2D eigenvalue weighted by atomic mass is 9.94. The lowest BCUT2D eigenvalue weighted by Crippen LogP contribution is -2.47. The molecule has 0 bridgehead atoms. The molecule has 23 heavy (non-hydrogen) atoms. The average molecular weight is 336 g/mol. The number of benzene rings is 1. The highest BCUT2D eigenvalue weighted by molar-refractivity contribution is 7.18. The minimum Gasteiger partial charge on any atom is -0.394 e. The van der Waals surface area contributed by atoms with Crippen molar-refractivity contribution in [3.63, 3.8) is 0 Å². The van der Waals surface area contributed by atoms with Gasteiger partial charge in [0.15, 0.2) is 5.41 Å². The number of nitrogens with zero attached hydrogens (tertiary/aromatic N) is 1. The third kappa shape index (κ3) is 2.90. The van der Waals surface area contributed by atoms with Gasteiger partial charge in [-0.2, -0.15) is 0 Å². The zero-order valence-electron chi connectivity index (χ0n) is 13.6. The van der Waals surface area contributed by atoms with Crippen LogP contribution >= 0.6 is 9.24 Å². The fourth-order valence-corrected chi connectivity index (χ4v) is 3.40. The molecule has 1 heterocycles. The van der Waals surface area contributed by atoms with Crippen LogP contribution in [0.4, 0.5) is 15.8 Å². The molecule has 2 aromatic rings. The molecule has 0 fully saturated rings. The van der Waals surface area contributed by atoms with Crippen LogP contribution in [-0.2, 0) is 18.4 Å². The van der Waals surface area contributed by atoms with E-state index >= 15 is 0 Å². The fraction of sp³-hybridized carbons (Fsp3) is 0.412. The average Bonchev–Trinajstić information content (AvgIpc) is 2.55. The SMILES string of the molecule is CC.CCc1ccc2c(c1)CN(c1c(N)c(=O)c1=O)CC2(F)P. The van der Waals surface area contributed by atoms with E-state index in [0.717, 1.165) is 17.5 Å². The predicted octanol–water partition coefficient (Wildman–Crippen LogP) is 2.47. The first kappa shape index (κ1) is 17.6. The van der Waals surface area contributed by atoms with E-state index in [1.54, 1.807) is 11.0 Å². The van der Waals surface area contributed by atoms with Crippen LogP contribution in [0, 0.1) is 0 Å². The molecular weight excluding hydrogens is 314 g/mol. The number of aryl methyl sites for hydroxylation is 1. The highest BCUT2D eigenvalue weighted by Crippen LogP contribution is 2.42. The van der Waals surface area contributed by atoms with Crippen molar-refractivity contribution in [3.8, 4) is 0 Å². The molecule has 0 saturated carbocycles. The Morgan fingerprint density at radius 3 is 2.52 bits per heavy atom. The predicted molar refractivity (Wildman–Crippen MR) is 96.5 cm³/mol. The number of fused-ring (bicyclic) bond motifs is 1. The van der Waals surface area contributed by atoms with Gasteiger partial charge in [0.25, 0.3) is 10.9 Å². The van der Waals surface area contributed by atoms with E-state index < -0.39 is 16.3 Å². The number of halogens is 1. The van der Waals surface area contributed by atoms with Crippen molar-refractivity contribution < 1.29 is 4.39 Å². The summed E-state index contributed by atoms with van der Waals surface area (Å²) in [6.45, 7) is 6.41. The zero-order chi connectivity index (χ0) is 17.4. The Morgan fingerprint density at radius 1 is 1.30 bits per heavy atom. The number of nitrogens with two attached hydrogens (primary N) is 1. The van der Waals surface area contributed by atoms with Crippen LogP contribution in [0.1, 0.15) is 37.5 Å². The molecule has 124 valence electrons. The van der Waals surface area contributed by atoms with Gasteiger partial charge in [-0.3, -0.25) is 9.59 Å². The van der Waals surface area contributed by atoms with Gasteiger partial charge < -0.3 is 10.6 Å². The number of nitrogen functional groups attached to an aromatic ring is 1. The van der Waals surface area contributed by atoms with Crippen molar-refractivity contribution in [2.75, 3.05) is 17.2 Å². The second-order valence-corrected chi connectivity index (χ2v) is 6.40. The molecule has 2 N–H and O–H groups in total. The van der Waals surface area contributed by atoms with Crippen molar-refractivity contribution in [2.24, 2.45) is 0 Å². The summed E-state index contributed by atoms with van der Waals surface area (Å²) in [5.41, 5.74) is 6.92. The summed E-state index contributed by atoms with van der Waals surface area (Å²) in [5, 5.41) is -1.66. The normalized spacial score (nSPS) is 20.0. The van der Waals surface area contributed by atoms with Crippen molar-refractivity contribution in [3.05, 3.63) is 55.3 Å². The van der Waals surface area contributed by atoms with Crippen LogP contribution in [0.25, 0.3) is 0 Å². The summed E-state index contributed by atoms with van der Waals surface area (Å²) in [5.74, 6) is 0. The largest absolute Gasteiger partial charge is 0.394 e. The Morgan fingerprint density at radius 2 is 1.96 bits per heavy atom. The second-order valence-electron chi connectivity index (χ2n) is 5.48. The summed E-state index contributed by atoms with van der Waals surface area (Å²) in [6.07, 6.45) is 0.853. The summed E-state index contributed by atoms with van der Waals surface area (Å²) < 4.78 is 14.9. The Balaban J connectivity index is 0.000000924. The number of hydrogen-bond acceptors (Lipinski definition) is 4. The number of alkyl halides is 1. The standard InChI is InChI=1S/C15H16FN2O2P.C2H6/c1-2-8-3-4-10-9(5-8)6-18(7-15(10,16)21)12-11(17)13(19)14(12)20;1-2/h3-5H,2,6-7,17,21H2,1H3;1-2H3. The van der Waals surface area contributed by atoms with Crippen LogP contribution in [-0.4, -0.2) is 6.54 Å². The van der Waals surface area contributed by atoms with Gasteiger partial charge in [0.1, 0.15) is 11.4 Å². The van der Waals surface area contributed by atoms with Gasteiger partial charge in [-0.05, 0) is 23.1 Å². The number of rotatable bonds is 2. The monoisotopic (exact) mass is 336 g/mol. The molecule has 0 radical (unpaired) electrons. The second kappa shape index (κ2) is 6.40. The van der Waals surface area contributed by atoms with Crippen molar-refractivity contribution in [1.29, 1.82) is 0 Å². The molecular formula is C17H22FN2O2P. The Hall–Kier alpha value is -1.74. The van der Waals surface area contributed by atoms with Gasteiger partial charge in [0, 0.05) is 6.54 Å². The van der Waals surface area contributed by atoms with E-state index in [-0.39, 0.29) is 17.9 Å². The highest BCUT2D eigenvalue weighted by atomic mass is 31.0. The van der Waals surface area contributed by atoms with E-state index in [4.69, 9.17) is 5.73 Å². The van der Waals surface area contributed by atoms with Gasteiger partial charge >= 0.3 is 0 Å². The van der Waals surface area contributed by atoms with E-state index in [2.05, 4.69) is 9.24 Å². The zero-order valence-corrected chi connectivity index (χ0v) is 14.8. The lowest BCUT2D eigenvalue weighted by molar-refractivity contribution is 0.282. The quantitative estimate of drug-likeness (QED) is 0.676. The summed E-state index contributed by atoms with van der Waals surface area (Å²) in [7, 11) is 2.20. The van der Waals surface area contributed by atoms with Crippen molar-refractivity contribution in [2.45, 2.75) is 39.1 Å². The maximum Gasteiger partial charge on any atom is 0.253 e. The third-order valence-electron chi connectivity index (χ3n) is 4.05. The molecule has 2 atom stereocenters. The first-order valence-corrected chi connectivity index (χ1v) is 8.36. The summed E-state index contributed by atoms with van der Waals surface area (Å²) in [6, 6.07) is 5.66. The Bertz CT molecular complexity index is 794. The topological polar surface area (TPSA) is 63.4 Å². The molecule has 2 aromatic carbocycles. The minimum atomic E-state index is -1.66. The van der Waals surface area contributed by atoms with E-state index in [1.165, 1.54) is 0 Å². The Kier molecular flexibility index (Phi) is 4.90. The smallest absolute Gasteiger partial charge is 0.253 e. The maximum absolute atomic E-state index is 14.9. The molecule has 1 aliphatic rings. The summed E-state index contributed by atoms with van der Waals surface area (Å²) >= 11 is 0. The lowest BCUT2D eigenvalue weighted by Gasteiger charge is -2.38. The molecule has 0 spiro atoms. The highest BCUT2D eigenvalue weighted by Gasteiger charge is 2.38. The van der Waals surface area contributed by atoms with E-state index in [1.807, 2.05) is 32.9 Å². The molecule has 4 nitrogen and oxygen atoms in total. The van der Waals surface area contributed by atoms with E-state index in [0.29, 0.717) is 12.1 Å². The minimum absolute atomic E-state index is 0.00874. The maximum atomic E-state index is 14.9. The molecule has 0 aromatic heterocycles. The van der Waals surface area contributed by atoms with Gasteiger partial charge in [-0.15, -0.1) is 0 Å². The third-order valence-corrected chi connectivity index (χ3v) is 4.54. The first-order valence-electron chi connectivity index (χ1n) is 7.79. The van der Waals surface area contributed by atoms with Crippen LogP contribution in [0.3, 0.4) is 0 Å². The van der Waals surface area contributed by atoms with Gasteiger partial charge in [-0.1, -0.05) is 48.2 Å². The molecule has 6 heteroatoms. The van der Waals surface area contributed by atoms with Gasteiger partial charge in [-0.25, -0.2) is 4.39 Å². The van der Waals surface area contributed by atoms with Crippen LogP contribution in [0.15, 0.2) is 27.8 Å². The van der Waals surface area contributed by atoms with Crippen molar-refractivity contribution >= 4 is 20.6 Å². The number of hydrogen-bond donors (Lipinski definition) is 1. The van der Waals surface area contributed by atoms with Gasteiger partial charge in [0.05, 0.1) is 6.54 Å². The fourth-order valence-electron chi connectivity index (χ4n) is 2.90. The first-order chi connectivity index (χ1) is 10.8. The molecule has 0 saturated heterocycles. The number of anilines is 2. The van der Waals surface area contributed by atoms with Crippen LogP contribution in [0.5, 0.6) is 0 Å². The van der Waals surface area contributed by atoms with E-state index in [9.17, 15) is 14.0 Å².